The minimum Gasteiger partial charge on any atom is -0.497 e. The molecule has 0 unspecified atom stereocenters. The second-order valence-electron chi connectivity index (χ2n) is 9.40. The summed E-state index contributed by atoms with van der Waals surface area (Å²) in [4.78, 5) is 36.1. The molecule has 0 saturated heterocycles. The number of carbonyl (C=O) groups excluding carboxylic acids is 1. The Morgan fingerprint density at radius 2 is 1.85 bits per heavy atom. The second kappa shape index (κ2) is 10.5. The number of esters is 1. The molecule has 0 saturated carbocycles. The molecular formula is C32H27N3O4S. The van der Waals surface area contributed by atoms with Crippen LogP contribution in [-0.2, 0) is 9.53 Å². The van der Waals surface area contributed by atoms with Gasteiger partial charge in [-0.2, -0.15) is 0 Å². The van der Waals surface area contributed by atoms with E-state index in [1.165, 1.54) is 11.3 Å². The number of aromatic nitrogens is 2. The van der Waals surface area contributed by atoms with Crippen molar-refractivity contribution in [2.24, 2.45) is 4.99 Å². The van der Waals surface area contributed by atoms with Gasteiger partial charge >= 0.3 is 5.97 Å². The molecular weight excluding hydrogens is 522 g/mol. The number of benzene rings is 3. The Morgan fingerprint density at radius 3 is 2.62 bits per heavy atom. The smallest absolute Gasteiger partial charge is 0.338 e. The van der Waals surface area contributed by atoms with Crippen LogP contribution in [0.15, 0.2) is 99.9 Å². The largest absolute Gasteiger partial charge is 0.497 e. The van der Waals surface area contributed by atoms with Crippen molar-refractivity contribution in [3.05, 3.63) is 121 Å². The third kappa shape index (κ3) is 4.36. The molecule has 1 aliphatic rings. The normalized spacial score (nSPS) is 15.2. The van der Waals surface area contributed by atoms with Crippen LogP contribution in [0, 0.1) is 0 Å². The predicted octanol–water partition coefficient (Wildman–Crippen LogP) is 4.96. The van der Waals surface area contributed by atoms with Gasteiger partial charge in [0.2, 0.25) is 0 Å². The summed E-state index contributed by atoms with van der Waals surface area (Å²) in [5.74, 6) is 0.137. The molecule has 2 aromatic heterocycles. The number of H-pyrrole nitrogens is 1. The first-order valence-corrected chi connectivity index (χ1v) is 13.8. The fourth-order valence-electron chi connectivity index (χ4n) is 5.20. The molecule has 1 aliphatic heterocycles. The molecule has 40 heavy (non-hydrogen) atoms. The molecule has 8 heteroatoms. The minimum absolute atomic E-state index is 0.216. The highest BCUT2D eigenvalue weighted by Gasteiger charge is 2.33. The lowest BCUT2D eigenvalue weighted by molar-refractivity contribution is -0.139. The second-order valence-corrected chi connectivity index (χ2v) is 10.4. The van der Waals surface area contributed by atoms with E-state index < -0.39 is 12.0 Å². The SMILES string of the molecule is CCOC(=O)C1=C(C)N=c2s/c(=C/c3c(-c4ccccc4)[nH]c4ccccc34)c(=O)n2[C@H]1c1cccc(OC)c1. The van der Waals surface area contributed by atoms with E-state index >= 15 is 0 Å². The van der Waals surface area contributed by atoms with Crippen molar-refractivity contribution in [2.75, 3.05) is 13.7 Å². The fraction of sp³-hybridized carbons (Fsp3) is 0.156. The maximum atomic E-state index is 14.2. The zero-order chi connectivity index (χ0) is 27.8. The highest BCUT2D eigenvalue weighted by molar-refractivity contribution is 7.07. The van der Waals surface area contributed by atoms with Crippen molar-refractivity contribution in [2.45, 2.75) is 19.9 Å². The summed E-state index contributed by atoms with van der Waals surface area (Å²) in [6.07, 6.45) is 1.93. The Balaban J connectivity index is 1.61. The number of fused-ring (bicyclic) bond motifs is 2. The molecule has 0 aliphatic carbocycles. The van der Waals surface area contributed by atoms with Crippen LogP contribution in [0.25, 0.3) is 28.2 Å². The number of nitrogens with zero attached hydrogens (tertiary/aromatic N) is 2. The Labute approximate surface area is 234 Å². The van der Waals surface area contributed by atoms with Gasteiger partial charge in [-0.3, -0.25) is 9.36 Å². The maximum Gasteiger partial charge on any atom is 0.338 e. The molecule has 0 bridgehead atoms. The predicted molar refractivity (Wildman–Crippen MR) is 157 cm³/mol. The molecule has 200 valence electrons. The van der Waals surface area contributed by atoms with Gasteiger partial charge in [-0.05, 0) is 49.2 Å². The summed E-state index contributed by atoms with van der Waals surface area (Å²) in [5.41, 5.74) is 5.23. The van der Waals surface area contributed by atoms with Crippen LogP contribution in [0.1, 0.15) is 31.0 Å². The number of hydrogen-bond donors (Lipinski definition) is 1. The van der Waals surface area contributed by atoms with Crippen LogP contribution in [0.3, 0.4) is 0 Å². The van der Waals surface area contributed by atoms with Gasteiger partial charge in [-0.15, -0.1) is 0 Å². The number of ether oxygens (including phenoxy) is 2. The first-order valence-electron chi connectivity index (χ1n) is 13.0. The van der Waals surface area contributed by atoms with Crippen molar-refractivity contribution in [1.29, 1.82) is 0 Å². The lowest BCUT2D eigenvalue weighted by Crippen LogP contribution is -2.39. The van der Waals surface area contributed by atoms with Crippen molar-refractivity contribution < 1.29 is 14.3 Å². The summed E-state index contributed by atoms with van der Waals surface area (Å²) in [6.45, 7) is 3.76. The molecule has 0 amide bonds. The van der Waals surface area contributed by atoms with Gasteiger partial charge in [0, 0.05) is 16.5 Å². The number of nitrogens with one attached hydrogen (secondary N) is 1. The van der Waals surface area contributed by atoms with Crippen molar-refractivity contribution in [1.82, 2.24) is 9.55 Å². The van der Waals surface area contributed by atoms with E-state index in [2.05, 4.69) is 4.98 Å². The fourth-order valence-corrected chi connectivity index (χ4v) is 6.22. The first kappa shape index (κ1) is 25.6. The lowest BCUT2D eigenvalue weighted by atomic mass is 9.95. The zero-order valence-corrected chi connectivity index (χ0v) is 23.1. The Kier molecular flexibility index (Phi) is 6.69. The summed E-state index contributed by atoms with van der Waals surface area (Å²) >= 11 is 1.31. The standard InChI is InChI=1S/C32H27N3O4S/c1-4-39-31(37)27-19(2)33-32-35(29(27)21-13-10-14-22(17-21)38-3)30(36)26(40-32)18-24-23-15-8-9-16-25(23)34-28(24)20-11-6-5-7-12-20/h5-18,29,34H,4H2,1-3H3/b26-18+/t29-/m0/s1. The van der Waals surface area contributed by atoms with E-state index in [0.29, 0.717) is 26.4 Å². The van der Waals surface area contributed by atoms with Gasteiger partial charge in [0.1, 0.15) is 5.75 Å². The molecule has 3 heterocycles. The van der Waals surface area contributed by atoms with Crippen molar-refractivity contribution in [3.63, 3.8) is 0 Å². The number of para-hydroxylation sites is 1. The van der Waals surface area contributed by atoms with Crippen molar-refractivity contribution >= 4 is 34.3 Å². The number of rotatable bonds is 6. The molecule has 3 aromatic carbocycles. The van der Waals surface area contributed by atoms with E-state index in [1.54, 1.807) is 25.5 Å². The molecule has 0 radical (unpaired) electrons. The van der Waals surface area contributed by atoms with Crippen LogP contribution in [0.4, 0.5) is 0 Å². The van der Waals surface area contributed by atoms with E-state index in [4.69, 9.17) is 14.5 Å². The first-order chi connectivity index (χ1) is 19.5. The molecule has 1 N–H and O–H groups in total. The van der Waals surface area contributed by atoms with Crippen LogP contribution >= 0.6 is 11.3 Å². The topological polar surface area (TPSA) is 85.7 Å². The van der Waals surface area contributed by atoms with E-state index in [9.17, 15) is 9.59 Å². The summed E-state index contributed by atoms with van der Waals surface area (Å²) in [5, 5.41) is 1.01. The van der Waals surface area contributed by atoms with Crippen LogP contribution in [0.5, 0.6) is 5.75 Å². The average Bonchev–Trinajstić information content (AvgIpc) is 3.50. The van der Waals surface area contributed by atoms with Gasteiger partial charge in [-0.25, -0.2) is 9.79 Å². The minimum atomic E-state index is -0.705. The average molecular weight is 550 g/mol. The highest BCUT2D eigenvalue weighted by Crippen LogP contribution is 2.33. The summed E-state index contributed by atoms with van der Waals surface area (Å²) < 4.78 is 13.0. The summed E-state index contributed by atoms with van der Waals surface area (Å²) in [6, 6.07) is 24.8. The molecule has 7 nitrogen and oxygen atoms in total. The van der Waals surface area contributed by atoms with Crippen LogP contribution < -0.4 is 19.6 Å². The summed E-state index contributed by atoms with van der Waals surface area (Å²) in [7, 11) is 1.59. The van der Waals surface area contributed by atoms with Crippen molar-refractivity contribution in [3.8, 4) is 17.0 Å². The molecule has 5 aromatic rings. The van der Waals surface area contributed by atoms with E-state index in [-0.39, 0.29) is 12.2 Å². The Bertz CT molecular complexity index is 1960. The third-order valence-corrected chi connectivity index (χ3v) is 7.99. The van der Waals surface area contributed by atoms with Gasteiger partial charge in [0.05, 0.1) is 41.3 Å². The number of hydrogen-bond acceptors (Lipinski definition) is 6. The van der Waals surface area contributed by atoms with E-state index in [0.717, 1.165) is 33.3 Å². The molecule has 1 atom stereocenters. The maximum absolute atomic E-state index is 14.2. The monoisotopic (exact) mass is 549 g/mol. The van der Waals surface area contributed by atoms with E-state index in [1.807, 2.05) is 84.9 Å². The molecule has 0 fully saturated rings. The van der Waals surface area contributed by atoms with Gasteiger partial charge in [0.25, 0.3) is 5.56 Å². The number of aromatic amines is 1. The quantitative estimate of drug-likeness (QED) is 0.304. The Morgan fingerprint density at radius 1 is 1.07 bits per heavy atom. The molecule has 0 spiro atoms. The number of thiazole rings is 1. The van der Waals surface area contributed by atoms with Crippen LogP contribution in [-0.4, -0.2) is 29.2 Å². The number of methoxy groups -OCH3 is 1. The highest BCUT2D eigenvalue weighted by atomic mass is 32.1. The molecule has 6 rings (SSSR count). The zero-order valence-electron chi connectivity index (χ0n) is 22.3. The lowest BCUT2D eigenvalue weighted by Gasteiger charge is -2.25. The van der Waals surface area contributed by atoms with Gasteiger partial charge < -0.3 is 14.5 Å². The third-order valence-electron chi connectivity index (χ3n) is 7.01. The Hall–Kier alpha value is -4.69. The number of carbonyl (C=O) groups is 1. The van der Waals surface area contributed by atoms with Gasteiger partial charge in [0.15, 0.2) is 4.80 Å². The van der Waals surface area contributed by atoms with Gasteiger partial charge in [-0.1, -0.05) is 72.0 Å². The number of allylic oxidation sites excluding steroid dienone is 1. The van der Waals surface area contributed by atoms with Crippen LogP contribution in [0.2, 0.25) is 0 Å².